The zero-order chi connectivity index (χ0) is 17.9. The fraction of sp³-hybridized carbons (Fsp3) is 0.300. The number of benzene rings is 2. The van der Waals surface area contributed by atoms with Crippen LogP contribution >= 0.6 is 0 Å². The molecule has 3 rings (SSSR count). The third-order valence-corrected chi connectivity index (χ3v) is 4.19. The molecule has 1 aliphatic heterocycles. The summed E-state index contributed by atoms with van der Waals surface area (Å²) in [6.07, 6.45) is -0.1000. The van der Waals surface area contributed by atoms with Crippen LogP contribution < -0.4 is 4.74 Å². The molecule has 0 radical (unpaired) electrons. The maximum atomic E-state index is 13.0. The highest BCUT2D eigenvalue weighted by molar-refractivity contribution is 5.54. The molecule has 0 N–H and O–H groups in total. The SMILES string of the molecule is CN(C/C=C/c1ccccc1C(F)(F)F)Cc1ccc2c(c1)CCO2. The summed E-state index contributed by atoms with van der Waals surface area (Å²) in [4.78, 5) is 2.06. The lowest BCUT2D eigenvalue weighted by molar-refractivity contribution is -0.137. The standard InChI is InChI=1S/C20H20F3NO/c1-24(14-15-8-9-19-17(13-15)10-12-25-19)11-4-6-16-5-2-3-7-18(16)20(21,22)23/h2-9,13H,10-12,14H2,1H3/b6-4+. The van der Waals surface area contributed by atoms with Crippen molar-refractivity contribution in [2.75, 3.05) is 20.2 Å². The van der Waals surface area contributed by atoms with Crippen LogP contribution in [0.1, 0.15) is 22.3 Å². The van der Waals surface area contributed by atoms with E-state index in [1.165, 1.54) is 29.3 Å². The predicted octanol–water partition coefficient (Wildman–Crippen LogP) is 4.79. The first-order valence-corrected chi connectivity index (χ1v) is 8.19. The molecule has 132 valence electrons. The van der Waals surface area contributed by atoms with E-state index in [1.54, 1.807) is 12.1 Å². The third kappa shape index (κ3) is 4.42. The van der Waals surface area contributed by atoms with Gasteiger partial charge in [0.05, 0.1) is 12.2 Å². The molecular formula is C20H20F3NO. The van der Waals surface area contributed by atoms with E-state index in [4.69, 9.17) is 4.74 Å². The second-order valence-electron chi connectivity index (χ2n) is 6.22. The lowest BCUT2D eigenvalue weighted by atomic mass is 10.1. The van der Waals surface area contributed by atoms with Gasteiger partial charge < -0.3 is 4.74 Å². The monoisotopic (exact) mass is 347 g/mol. The van der Waals surface area contributed by atoms with Crippen LogP contribution in [0.15, 0.2) is 48.5 Å². The van der Waals surface area contributed by atoms with Crippen molar-refractivity contribution in [2.45, 2.75) is 19.1 Å². The van der Waals surface area contributed by atoms with Gasteiger partial charge in [-0.25, -0.2) is 0 Å². The minimum atomic E-state index is -4.33. The van der Waals surface area contributed by atoms with Crippen LogP contribution in [-0.2, 0) is 19.1 Å². The second-order valence-corrected chi connectivity index (χ2v) is 6.22. The molecule has 0 atom stereocenters. The molecule has 0 fully saturated rings. The van der Waals surface area contributed by atoms with Gasteiger partial charge in [0.2, 0.25) is 0 Å². The highest BCUT2D eigenvalue weighted by Crippen LogP contribution is 2.32. The Bertz CT molecular complexity index is 768. The zero-order valence-corrected chi connectivity index (χ0v) is 14.0. The van der Waals surface area contributed by atoms with Gasteiger partial charge in [0.15, 0.2) is 0 Å². The van der Waals surface area contributed by atoms with Crippen molar-refractivity contribution in [1.82, 2.24) is 4.90 Å². The number of halogens is 3. The molecule has 0 bridgehead atoms. The van der Waals surface area contributed by atoms with Gasteiger partial charge >= 0.3 is 6.18 Å². The molecule has 0 aromatic heterocycles. The Labute approximate surface area is 145 Å². The highest BCUT2D eigenvalue weighted by Gasteiger charge is 2.32. The van der Waals surface area contributed by atoms with Crippen LogP contribution in [-0.4, -0.2) is 25.1 Å². The molecule has 0 saturated heterocycles. The summed E-state index contributed by atoms with van der Waals surface area (Å²) in [5.41, 5.74) is 1.99. The molecule has 2 aromatic carbocycles. The fourth-order valence-corrected chi connectivity index (χ4v) is 2.97. The first-order valence-electron chi connectivity index (χ1n) is 8.19. The van der Waals surface area contributed by atoms with Gasteiger partial charge in [-0.05, 0) is 35.9 Å². The van der Waals surface area contributed by atoms with Crippen LogP contribution in [0.25, 0.3) is 6.08 Å². The van der Waals surface area contributed by atoms with Gasteiger partial charge in [-0.15, -0.1) is 0 Å². The molecule has 1 aliphatic rings. The molecule has 5 heteroatoms. The Morgan fingerprint density at radius 3 is 2.76 bits per heavy atom. The second kappa shape index (κ2) is 7.31. The van der Waals surface area contributed by atoms with E-state index in [-0.39, 0.29) is 5.56 Å². The molecule has 0 aliphatic carbocycles. The quantitative estimate of drug-likeness (QED) is 0.771. The minimum Gasteiger partial charge on any atom is -0.493 e. The lowest BCUT2D eigenvalue weighted by Crippen LogP contribution is -2.17. The van der Waals surface area contributed by atoms with Crippen molar-refractivity contribution in [3.8, 4) is 5.75 Å². The molecule has 2 nitrogen and oxygen atoms in total. The zero-order valence-electron chi connectivity index (χ0n) is 14.0. The van der Waals surface area contributed by atoms with E-state index >= 15 is 0 Å². The average molecular weight is 347 g/mol. The van der Waals surface area contributed by atoms with Gasteiger partial charge in [0.1, 0.15) is 5.75 Å². The summed E-state index contributed by atoms with van der Waals surface area (Å²) in [6.45, 7) is 2.04. The first-order chi connectivity index (χ1) is 11.9. The molecule has 0 unspecified atom stereocenters. The van der Waals surface area contributed by atoms with E-state index in [2.05, 4.69) is 11.0 Å². The van der Waals surface area contributed by atoms with Crippen molar-refractivity contribution < 1.29 is 17.9 Å². The lowest BCUT2D eigenvalue weighted by Gasteiger charge is -2.15. The van der Waals surface area contributed by atoms with E-state index in [0.717, 1.165) is 31.4 Å². The maximum Gasteiger partial charge on any atom is 0.416 e. The van der Waals surface area contributed by atoms with E-state index < -0.39 is 11.7 Å². The molecule has 25 heavy (non-hydrogen) atoms. The highest BCUT2D eigenvalue weighted by atomic mass is 19.4. The van der Waals surface area contributed by atoms with Gasteiger partial charge in [-0.1, -0.05) is 42.5 Å². The number of hydrogen-bond donors (Lipinski definition) is 0. The normalized spacial score (nSPS) is 14.1. The van der Waals surface area contributed by atoms with Gasteiger partial charge in [-0.3, -0.25) is 4.90 Å². The van der Waals surface area contributed by atoms with Crippen LogP contribution in [0.2, 0.25) is 0 Å². The maximum absolute atomic E-state index is 13.0. The molecule has 0 spiro atoms. The Balaban J connectivity index is 1.61. The summed E-state index contributed by atoms with van der Waals surface area (Å²) in [7, 11) is 1.95. The number of rotatable bonds is 5. The Hall–Kier alpha value is -2.27. The van der Waals surface area contributed by atoms with Gasteiger partial charge in [0.25, 0.3) is 0 Å². The van der Waals surface area contributed by atoms with Gasteiger partial charge in [-0.2, -0.15) is 13.2 Å². The molecule has 0 saturated carbocycles. The van der Waals surface area contributed by atoms with Crippen LogP contribution in [0.3, 0.4) is 0 Å². The number of alkyl halides is 3. The number of hydrogen-bond acceptors (Lipinski definition) is 2. The topological polar surface area (TPSA) is 12.5 Å². The van der Waals surface area contributed by atoms with Crippen molar-refractivity contribution in [3.63, 3.8) is 0 Å². The molecular weight excluding hydrogens is 327 g/mol. The predicted molar refractivity (Wildman–Crippen MR) is 92.5 cm³/mol. The molecule has 2 aromatic rings. The van der Waals surface area contributed by atoms with Crippen molar-refractivity contribution in [2.24, 2.45) is 0 Å². The Morgan fingerprint density at radius 2 is 1.96 bits per heavy atom. The van der Waals surface area contributed by atoms with Crippen LogP contribution in [0.4, 0.5) is 13.2 Å². The fourth-order valence-electron chi connectivity index (χ4n) is 2.97. The molecule has 0 amide bonds. The Kier molecular flexibility index (Phi) is 5.13. The number of ether oxygens (including phenoxy) is 1. The van der Waals surface area contributed by atoms with Crippen molar-refractivity contribution in [3.05, 3.63) is 70.8 Å². The van der Waals surface area contributed by atoms with Crippen LogP contribution in [0.5, 0.6) is 5.75 Å². The minimum absolute atomic E-state index is 0.193. The first kappa shape index (κ1) is 17.5. The largest absolute Gasteiger partial charge is 0.493 e. The van der Waals surface area contributed by atoms with E-state index in [9.17, 15) is 13.2 Å². The summed E-state index contributed by atoms with van der Waals surface area (Å²) in [5.74, 6) is 0.954. The summed E-state index contributed by atoms with van der Waals surface area (Å²) >= 11 is 0. The Morgan fingerprint density at radius 1 is 1.16 bits per heavy atom. The third-order valence-electron chi connectivity index (χ3n) is 4.19. The van der Waals surface area contributed by atoms with E-state index in [0.29, 0.717) is 6.54 Å². The summed E-state index contributed by atoms with van der Waals surface area (Å²) in [6, 6.07) is 11.8. The summed E-state index contributed by atoms with van der Waals surface area (Å²) < 4.78 is 44.4. The van der Waals surface area contributed by atoms with Gasteiger partial charge in [0, 0.05) is 19.5 Å². The van der Waals surface area contributed by atoms with E-state index in [1.807, 2.05) is 19.2 Å². The molecule has 1 heterocycles. The smallest absolute Gasteiger partial charge is 0.416 e. The van der Waals surface area contributed by atoms with Crippen molar-refractivity contribution >= 4 is 6.08 Å². The number of nitrogens with zero attached hydrogens (tertiary/aromatic N) is 1. The number of likely N-dealkylation sites (N-methyl/N-ethyl adjacent to an activating group) is 1. The summed E-state index contributed by atoms with van der Waals surface area (Å²) in [5, 5.41) is 0. The van der Waals surface area contributed by atoms with Crippen LogP contribution in [0, 0.1) is 0 Å². The number of fused-ring (bicyclic) bond motifs is 1. The van der Waals surface area contributed by atoms with Crippen molar-refractivity contribution in [1.29, 1.82) is 0 Å². The average Bonchev–Trinajstić information content (AvgIpc) is 3.02.